The first-order chi connectivity index (χ1) is 17.9. The molecule has 0 aliphatic heterocycles. The molecule has 4 heterocycles. The van der Waals surface area contributed by atoms with E-state index in [9.17, 15) is 19.2 Å². The van der Waals surface area contributed by atoms with Crippen molar-refractivity contribution in [1.82, 2.24) is 19.3 Å². The van der Waals surface area contributed by atoms with E-state index in [1.807, 2.05) is 6.07 Å². The van der Waals surface area contributed by atoms with Crippen LogP contribution in [0.15, 0.2) is 64.8 Å². The summed E-state index contributed by atoms with van der Waals surface area (Å²) in [7, 11) is 0. The fourth-order valence-electron chi connectivity index (χ4n) is 3.49. The van der Waals surface area contributed by atoms with Crippen LogP contribution in [-0.4, -0.2) is 42.1 Å². The van der Waals surface area contributed by atoms with E-state index in [4.69, 9.17) is 16.7 Å². The topological polar surface area (TPSA) is 124 Å². The number of hydrogen-bond acceptors (Lipinski definition) is 8. The standard InChI is InChI=1S/C26H23ClN4O5S2/c1-26(2,3)25(36)31-22(37-14-17-6-7-21(27)38-17)10-19(29-31)18-9-16(15-5-4-8-28-11-15)12-30(23(18)33)13-20(32)24(34)35/h4-12H,13-14H2,1-3H3,(H,34,35). The van der Waals surface area contributed by atoms with Gasteiger partial charge in [-0.05, 0) is 30.3 Å². The molecule has 12 heteroatoms. The van der Waals surface area contributed by atoms with Gasteiger partial charge in [-0.2, -0.15) is 9.78 Å². The van der Waals surface area contributed by atoms with Crippen LogP contribution >= 0.6 is 34.7 Å². The Morgan fingerprint density at radius 2 is 1.89 bits per heavy atom. The van der Waals surface area contributed by atoms with Crippen LogP contribution in [0.25, 0.3) is 22.4 Å². The number of halogens is 1. The number of ketones is 1. The summed E-state index contributed by atoms with van der Waals surface area (Å²) in [5, 5.41) is 14.1. The Hall–Kier alpha value is -3.54. The number of pyridine rings is 2. The number of nitrogens with zero attached hydrogens (tertiary/aromatic N) is 4. The average Bonchev–Trinajstić information content (AvgIpc) is 3.49. The van der Waals surface area contributed by atoms with Crippen molar-refractivity contribution in [1.29, 1.82) is 0 Å². The molecule has 0 fully saturated rings. The largest absolute Gasteiger partial charge is 0.475 e. The van der Waals surface area contributed by atoms with E-state index in [1.54, 1.807) is 63.5 Å². The number of thiophene rings is 1. The Labute approximate surface area is 231 Å². The van der Waals surface area contributed by atoms with Gasteiger partial charge >= 0.3 is 5.97 Å². The maximum Gasteiger partial charge on any atom is 0.374 e. The van der Waals surface area contributed by atoms with E-state index in [1.165, 1.54) is 34.0 Å². The van der Waals surface area contributed by atoms with Gasteiger partial charge in [0.05, 0.1) is 22.1 Å². The Balaban J connectivity index is 1.85. The van der Waals surface area contributed by atoms with Crippen molar-refractivity contribution in [2.45, 2.75) is 38.1 Å². The van der Waals surface area contributed by atoms with Crippen molar-refractivity contribution in [2.24, 2.45) is 5.41 Å². The molecule has 0 atom stereocenters. The summed E-state index contributed by atoms with van der Waals surface area (Å²) in [4.78, 5) is 55.0. The van der Waals surface area contributed by atoms with Crippen molar-refractivity contribution >= 4 is 52.4 Å². The lowest BCUT2D eigenvalue weighted by Gasteiger charge is -2.17. The molecule has 4 aromatic rings. The van der Waals surface area contributed by atoms with Gasteiger partial charge in [-0.3, -0.25) is 19.4 Å². The zero-order valence-corrected chi connectivity index (χ0v) is 23.1. The summed E-state index contributed by atoms with van der Waals surface area (Å²) in [6, 6.07) is 10.4. The van der Waals surface area contributed by atoms with Crippen LogP contribution in [0.5, 0.6) is 0 Å². The molecule has 1 N–H and O–H groups in total. The zero-order chi connectivity index (χ0) is 27.6. The van der Waals surface area contributed by atoms with Gasteiger partial charge < -0.3 is 9.67 Å². The molecule has 0 bridgehead atoms. The van der Waals surface area contributed by atoms with E-state index in [-0.39, 0.29) is 17.2 Å². The number of Topliss-reactive ketones (excluding diaryl/α,β-unsaturated/α-hetero) is 1. The first-order valence-corrected chi connectivity index (χ1v) is 13.6. The van der Waals surface area contributed by atoms with E-state index in [0.717, 1.165) is 9.44 Å². The number of carboxylic acid groups (broad SMARTS) is 1. The van der Waals surface area contributed by atoms with Crippen LogP contribution in [0.4, 0.5) is 0 Å². The zero-order valence-electron chi connectivity index (χ0n) is 20.7. The van der Waals surface area contributed by atoms with Gasteiger partial charge in [0, 0.05) is 45.8 Å². The highest BCUT2D eigenvalue weighted by atomic mass is 35.5. The average molecular weight is 571 g/mol. The summed E-state index contributed by atoms with van der Waals surface area (Å²) in [6.45, 7) is 4.67. The predicted octanol–water partition coefficient (Wildman–Crippen LogP) is 5.12. The number of carbonyl (C=O) groups is 3. The molecule has 0 radical (unpaired) electrons. The molecule has 0 saturated heterocycles. The normalized spacial score (nSPS) is 11.5. The predicted molar refractivity (Wildman–Crippen MR) is 147 cm³/mol. The number of aliphatic carboxylic acids is 1. The Bertz CT molecular complexity index is 1590. The Morgan fingerprint density at radius 3 is 2.50 bits per heavy atom. The molecule has 0 spiro atoms. The number of rotatable bonds is 8. The summed E-state index contributed by atoms with van der Waals surface area (Å²) in [5.41, 5.74) is 0.162. The Morgan fingerprint density at radius 1 is 1.13 bits per heavy atom. The van der Waals surface area contributed by atoms with Crippen molar-refractivity contribution in [3.8, 4) is 22.4 Å². The fraction of sp³-hybridized carbons (Fsp3) is 0.231. The smallest absolute Gasteiger partial charge is 0.374 e. The van der Waals surface area contributed by atoms with Gasteiger partial charge in [-0.25, -0.2) is 4.79 Å². The third-order valence-corrected chi connectivity index (χ3v) is 7.87. The van der Waals surface area contributed by atoms with Crippen LogP contribution < -0.4 is 5.56 Å². The van der Waals surface area contributed by atoms with E-state index in [0.29, 0.717) is 26.2 Å². The van der Waals surface area contributed by atoms with Crippen LogP contribution in [0.1, 0.15) is 30.4 Å². The van der Waals surface area contributed by atoms with Gasteiger partial charge in [0.15, 0.2) is 0 Å². The maximum atomic E-state index is 13.4. The minimum absolute atomic E-state index is 0.117. The minimum Gasteiger partial charge on any atom is -0.475 e. The second-order valence-corrected chi connectivity index (χ2v) is 12.2. The quantitative estimate of drug-likeness (QED) is 0.229. The van der Waals surface area contributed by atoms with E-state index < -0.39 is 29.3 Å². The maximum absolute atomic E-state index is 13.4. The van der Waals surface area contributed by atoms with Crippen LogP contribution in [-0.2, 0) is 21.9 Å². The lowest BCUT2D eigenvalue weighted by atomic mass is 9.96. The van der Waals surface area contributed by atoms with E-state index in [2.05, 4.69) is 10.1 Å². The molecule has 38 heavy (non-hydrogen) atoms. The third-order valence-electron chi connectivity index (χ3n) is 5.41. The second kappa shape index (κ2) is 11.1. The molecule has 0 saturated carbocycles. The van der Waals surface area contributed by atoms with Crippen molar-refractivity contribution in [2.75, 3.05) is 0 Å². The van der Waals surface area contributed by atoms with Gasteiger partial charge in [-0.1, -0.05) is 38.4 Å². The van der Waals surface area contributed by atoms with Crippen LogP contribution in [0, 0.1) is 5.41 Å². The fourth-order valence-corrected chi connectivity index (χ4v) is 5.61. The molecule has 0 unspecified atom stereocenters. The van der Waals surface area contributed by atoms with Gasteiger partial charge in [-0.15, -0.1) is 23.1 Å². The molecule has 0 aliphatic carbocycles. The van der Waals surface area contributed by atoms with Gasteiger partial charge in [0.1, 0.15) is 5.03 Å². The number of aromatic nitrogens is 4. The summed E-state index contributed by atoms with van der Waals surface area (Å²) in [6.07, 6.45) is 4.59. The summed E-state index contributed by atoms with van der Waals surface area (Å²) >= 11 is 8.87. The third kappa shape index (κ3) is 6.12. The van der Waals surface area contributed by atoms with Crippen molar-refractivity contribution in [3.05, 3.63) is 74.6 Å². The first kappa shape index (κ1) is 27.5. The van der Waals surface area contributed by atoms with Crippen molar-refractivity contribution < 1.29 is 19.5 Å². The SMILES string of the molecule is CC(C)(C)C(=O)n1nc(-c2cc(-c3cccnc3)cn(CC(=O)C(=O)O)c2=O)cc1SCc1ccc(Cl)s1. The lowest BCUT2D eigenvalue weighted by molar-refractivity contribution is -0.149. The number of thioether (sulfide) groups is 1. The van der Waals surface area contributed by atoms with Gasteiger partial charge in [0.2, 0.25) is 0 Å². The van der Waals surface area contributed by atoms with E-state index >= 15 is 0 Å². The van der Waals surface area contributed by atoms with Crippen molar-refractivity contribution in [3.63, 3.8) is 0 Å². The summed E-state index contributed by atoms with van der Waals surface area (Å²) in [5.74, 6) is -2.51. The molecule has 0 aliphatic rings. The molecule has 9 nitrogen and oxygen atoms in total. The summed E-state index contributed by atoms with van der Waals surface area (Å²) < 4.78 is 2.99. The number of carboxylic acids is 1. The Kier molecular flexibility index (Phi) is 8.00. The highest BCUT2D eigenvalue weighted by molar-refractivity contribution is 7.98. The second-order valence-electron chi connectivity index (χ2n) is 9.37. The first-order valence-electron chi connectivity index (χ1n) is 11.4. The van der Waals surface area contributed by atoms with Crippen LogP contribution in [0.2, 0.25) is 4.34 Å². The molecular formula is C26H23ClN4O5S2. The molecule has 0 aromatic carbocycles. The lowest BCUT2D eigenvalue weighted by Crippen LogP contribution is -2.29. The number of carbonyl (C=O) groups excluding carboxylic acids is 2. The molecule has 4 rings (SSSR count). The van der Waals surface area contributed by atoms with Gasteiger partial charge in [0.25, 0.3) is 17.2 Å². The number of hydrogen-bond donors (Lipinski definition) is 1. The highest BCUT2D eigenvalue weighted by Crippen LogP contribution is 2.33. The minimum atomic E-state index is -1.64. The molecule has 0 amide bonds. The molecule has 196 valence electrons. The monoisotopic (exact) mass is 570 g/mol. The van der Waals surface area contributed by atoms with Crippen LogP contribution in [0.3, 0.4) is 0 Å². The highest BCUT2D eigenvalue weighted by Gasteiger charge is 2.28. The molecule has 4 aromatic heterocycles. The molecular weight excluding hydrogens is 548 g/mol.